The number of benzene rings is 1. The molecule has 0 aliphatic heterocycles. The average Bonchev–Trinajstić information content (AvgIpc) is 3.20. The molecule has 7 heteroatoms. The summed E-state index contributed by atoms with van der Waals surface area (Å²) in [7, 11) is 0. The molecule has 0 saturated heterocycles. The van der Waals surface area contributed by atoms with Crippen LogP contribution in [0.5, 0.6) is 0 Å². The monoisotopic (exact) mass is 412 g/mol. The maximum absolute atomic E-state index is 13.1. The number of hydrogen-bond acceptors (Lipinski definition) is 4. The fourth-order valence-corrected chi connectivity index (χ4v) is 4.62. The van der Waals surface area contributed by atoms with Crippen molar-refractivity contribution in [1.82, 2.24) is 20.2 Å². The Bertz CT molecular complexity index is 1020. The Hall–Kier alpha value is -2.41. The van der Waals surface area contributed by atoms with E-state index in [0.29, 0.717) is 16.8 Å². The van der Waals surface area contributed by atoms with Gasteiger partial charge >= 0.3 is 0 Å². The van der Waals surface area contributed by atoms with E-state index in [1.165, 1.54) is 56.0 Å². The van der Waals surface area contributed by atoms with Crippen LogP contribution >= 0.6 is 11.8 Å². The molecule has 1 aliphatic rings. The molecule has 2 heterocycles. The molecule has 3 aromatic rings. The van der Waals surface area contributed by atoms with Crippen LogP contribution < -0.4 is 5.56 Å². The van der Waals surface area contributed by atoms with Gasteiger partial charge in [-0.25, -0.2) is 9.37 Å². The van der Waals surface area contributed by atoms with Crippen LogP contribution in [0.1, 0.15) is 49.1 Å². The summed E-state index contributed by atoms with van der Waals surface area (Å²) in [6, 6.07) is 8.24. The second-order valence-corrected chi connectivity index (χ2v) is 8.68. The molecule has 29 heavy (non-hydrogen) atoms. The van der Waals surface area contributed by atoms with Crippen LogP contribution in [0.4, 0.5) is 4.39 Å². The number of halogens is 1. The minimum Gasteiger partial charge on any atom is -0.301 e. The third-order valence-electron chi connectivity index (χ3n) is 5.58. The summed E-state index contributed by atoms with van der Waals surface area (Å²) in [4.78, 5) is 20.0. The normalized spacial score (nSPS) is 15.0. The van der Waals surface area contributed by atoms with Gasteiger partial charge in [-0.05, 0) is 55.2 Å². The van der Waals surface area contributed by atoms with E-state index in [-0.39, 0.29) is 11.4 Å². The minimum atomic E-state index is -0.262. The SMILES string of the molecule is Cc1c(CC2CCCCC2)nc(SCc2cc(-c3ccc(F)cc3)[nH]n2)[nH]c1=O. The van der Waals surface area contributed by atoms with Crippen molar-refractivity contribution < 1.29 is 4.39 Å². The highest BCUT2D eigenvalue weighted by Gasteiger charge is 2.17. The molecule has 0 amide bonds. The summed E-state index contributed by atoms with van der Waals surface area (Å²) < 4.78 is 13.1. The Balaban J connectivity index is 1.44. The Labute approximate surface area is 173 Å². The summed E-state index contributed by atoms with van der Waals surface area (Å²) in [5.41, 5.74) is 4.18. The predicted molar refractivity (Wildman–Crippen MR) is 113 cm³/mol. The van der Waals surface area contributed by atoms with Crippen LogP contribution in [0, 0.1) is 18.7 Å². The van der Waals surface area contributed by atoms with Gasteiger partial charge in [-0.15, -0.1) is 0 Å². The molecule has 4 rings (SSSR count). The zero-order valence-electron chi connectivity index (χ0n) is 16.5. The lowest BCUT2D eigenvalue weighted by Gasteiger charge is -2.21. The molecular formula is C22H25FN4OS. The zero-order chi connectivity index (χ0) is 20.2. The van der Waals surface area contributed by atoms with Gasteiger partial charge in [-0.1, -0.05) is 43.9 Å². The zero-order valence-corrected chi connectivity index (χ0v) is 17.3. The number of rotatable bonds is 6. The van der Waals surface area contributed by atoms with Gasteiger partial charge in [0.1, 0.15) is 5.82 Å². The van der Waals surface area contributed by atoms with Crippen LogP contribution in [0.15, 0.2) is 40.3 Å². The van der Waals surface area contributed by atoms with Crippen LogP contribution in [-0.2, 0) is 12.2 Å². The molecule has 0 spiro atoms. The molecule has 0 unspecified atom stereocenters. The first-order chi connectivity index (χ1) is 14.1. The van der Waals surface area contributed by atoms with Crippen molar-refractivity contribution in [3.63, 3.8) is 0 Å². The molecule has 1 aromatic carbocycles. The Kier molecular flexibility index (Phi) is 6.13. The highest BCUT2D eigenvalue weighted by atomic mass is 32.2. The molecule has 0 radical (unpaired) electrons. The van der Waals surface area contributed by atoms with Gasteiger partial charge in [0.05, 0.1) is 17.1 Å². The lowest BCUT2D eigenvalue weighted by Crippen LogP contribution is -2.19. The van der Waals surface area contributed by atoms with E-state index in [1.54, 1.807) is 12.1 Å². The molecule has 1 saturated carbocycles. The van der Waals surface area contributed by atoms with Crippen LogP contribution in [0.25, 0.3) is 11.3 Å². The number of thioether (sulfide) groups is 1. The van der Waals surface area contributed by atoms with Crippen LogP contribution in [0.2, 0.25) is 0 Å². The van der Waals surface area contributed by atoms with Crippen molar-refractivity contribution in [3.8, 4) is 11.3 Å². The third-order valence-corrected chi connectivity index (χ3v) is 6.49. The van der Waals surface area contributed by atoms with E-state index >= 15 is 0 Å². The number of aromatic nitrogens is 4. The number of hydrogen-bond donors (Lipinski definition) is 2. The maximum Gasteiger partial charge on any atom is 0.254 e. The number of nitrogens with one attached hydrogen (secondary N) is 2. The first-order valence-electron chi connectivity index (χ1n) is 10.1. The van der Waals surface area contributed by atoms with Gasteiger partial charge in [0.15, 0.2) is 5.16 Å². The smallest absolute Gasteiger partial charge is 0.254 e. The van der Waals surface area contributed by atoms with E-state index < -0.39 is 0 Å². The summed E-state index contributed by atoms with van der Waals surface area (Å²) in [6.45, 7) is 1.86. The molecule has 152 valence electrons. The summed E-state index contributed by atoms with van der Waals surface area (Å²) in [5.74, 6) is 0.966. The standard InChI is InChI=1S/C22H25FN4OS/c1-14-19(11-15-5-3-2-4-6-15)24-22(25-21(14)28)29-13-18-12-20(27-26-18)16-7-9-17(23)10-8-16/h7-10,12,15H,2-6,11,13H2,1H3,(H,26,27)(H,24,25,28). The van der Waals surface area contributed by atoms with Gasteiger partial charge in [0, 0.05) is 11.3 Å². The molecule has 0 bridgehead atoms. The fraction of sp³-hybridized carbons (Fsp3) is 0.409. The van der Waals surface area contributed by atoms with Crippen LogP contribution in [0.3, 0.4) is 0 Å². The number of aromatic amines is 2. The van der Waals surface area contributed by atoms with Crippen LogP contribution in [-0.4, -0.2) is 20.2 Å². The van der Waals surface area contributed by atoms with E-state index in [1.807, 2.05) is 13.0 Å². The topological polar surface area (TPSA) is 74.4 Å². The lowest BCUT2D eigenvalue weighted by molar-refractivity contribution is 0.353. The third kappa shape index (κ3) is 4.96. The molecule has 2 N–H and O–H groups in total. The summed E-state index contributed by atoms with van der Waals surface area (Å²) in [5, 5.41) is 7.95. The Morgan fingerprint density at radius 2 is 1.93 bits per heavy atom. The van der Waals surface area contributed by atoms with Gasteiger partial charge in [-0.2, -0.15) is 5.10 Å². The molecule has 5 nitrogen and oxygen atoms in total. The Morgan fingerprint density at radius 3 is 2.69 bits per heavy atom. The van der Waals surface area contributed by atoms with E-state index in [2.05, 4.69) is 15.2 Å². The molecule has 2 aromatic heterocycles. The van der Waals surface area contributed by atoms with Gasteiger partial charge in [0.25, 0.3) is 5.56 Å². The predicted octanol–water partition coefficient (Wildman–Crippen LogP) is 5.02. The largest absolute Gasteiger partial charge is 0.301 e. The summed E-state index contributed by atoms with van der Waals surface area (Å²) >= 11 is 1.47. The van der Waals surface area contributed by atoms with Crippen molar-refractivity contribution in [1.29, 1.82) is 0 Å². The first-order valence-corrected chi connectivity index (χ1v) is 11.1. The Morgan fingerprint density at radius 1 is 1.17 bits per heavy atom. The van der Waals surface area contributed by atoms with Gasteiger partial charge in [-0.3, -0.25) is 9.89 Å². The minimum absolute atomic E-state index is 0.0534. The fourth-order valence-electron chi connectivity index (χ4n) is 3.84. The highest BCUT2D eigenvalue weighted by molar-refractivity contribution is 7.98. The number of nitrogens with zero attached hydrogens (tertiary/aromatic N) is 2. The van der Waals surface area contributed by atoms with Gasteiger partial charge < -0.3 is 4.98 Å². The first kappa shape index (κ1) is 19.9. The summed E-state index contributed by atoms with van der Waals surface area (Å²) in [6.07, 6.45) is 7.24. The van der Waals surface area contributed by atoms with Crippen molar-refractivity contribution in [2.75, 3.05) is 0 Å². The second kappa shape index (κ2) is 8.95. The van der Waals surface area contributed by atoms with E-state index in [4.69, 9.17) is 4.98 Å². The highest BCUT2D eigenvalue weighted by Crippen LogP contribution is 2.28. The maximum atomic E-state index is 13.1. The van der Waals surface area contributed by atoms with E-state index in [9.17, 15) is 9.18 Å². The average molecular weight is 413 g/mol. The number of H-pyrrole nitrogens is 2. The molecule has 1 fully saturated rings. The van der Waals surface area contributed by atoms with Crippen molar-refractivity contribution in [2.45, 2.75) is 56.4 Å². The molecular weight excluding hydrogens is 387 g/mol. The molecule has 1 aliphatic carbocycles. The second-order valence-electron chi connectivity index (χ2n) is 7.72. The van der Waals surface area contributed by atoms with Gasteiger partial charge in [0.2, 0.25) is 0 Å². The molecule has 0 atom stereocenters. The quantitative estimate of drug-likeness (QED) is 0.440. The van der Waals surface area contributed by atoms with E-state index in [0.717, 1.165) is 34.6 Å². The van der Waals surface area contributed by atoms with Crippen molar-refractivity contribution in [3.05, 3.63) is 63.5 Å². The van der Waals surface area contributed by atoms with Crippen molar-refractivity contribution in [2.24, 2.45) is 5.92 Å². The van der Waals surface area contributed by atoms with Crippen molar-refractivity contribution >= 4 is 11.8 Å². The lowest BCUT2D eigenvalue weighted by atomic mass is 9.85.